The van der Waals surface area contributed by atoms with Gasteiger partial charge in [-0.15, -0.1) is 0 Å². The normalized spacial score (nSPS) is 10.9. The number of nitrogens with zero attached hydrogens (tertiary/aromatic N) is 1. The molecule has 1 aromatic carbocycles. The summed E-state index contributed by atoms with van der Waals surface area (Å²) in [6.07, 6.45) is -0.393. The van der Waals surface area contributed by atoms with E-state index in [9.17, 15) is 19.7 Å². The van der Waals surface area contributed by atoms with Crippen LogP contribution in [-0.2, 0) is 16.0 Å². The maximum atomic E-state index is 11.9. The smallest absolute Gasteiger partial charge is 0.305 e. The van der Waals surface area contributed by atoms with E-state index in [0.717, 1.165) is 0 Å². The van der Waals surface area contributed by atoms with Gasteiger partial charge in [-0.25, -0.2) is 0 Å². The van der Waals surface area contributed by atoms with Gasteiger partial charge in [0.15, 0.2) is 0 Å². The molecule has 7 heteroatoms. The van der Waals surface area contributed by atoms with E-state index in [4.69, 9.17) is 5.11 Å². The highest BCUT2D eigenvalue weighted by molar-refractivity contribution is 5.81. The third-order valence-corrected chi connectivity index (χ3v) is 2.61. The summed E-state index contributed by atoms with van der Waals surface area (Å²) in [5.74, 6) is -1.48. The molecule has 0 heterocycles. The lowest BCUT2D eigenvalue weighted by molar-refractivity contribution is -0.385. The second kappa shape index (κ2) is 6.14. The van der Waals surface area contributed by atoms with Crippen molar-refractivity contribution < 1.29 is 19.6 Å². The van der Waals surface area contributed by atoms with E-state index in [1.54, 1.807) is 19.9 Å². The lowest BCUT2D eigenvalue weighted by atomic mass is 10.00. The van der Waals surface area contributed by atoms with E-state index in [2.05, 4.69) is 5.32 Å². The molecular formula is C13H16N2O5. The molecule has 20 heavy (non-hydrogen) atoms. The zero-order valence-electron chi connectivity index (χ0n) is 11.3. The summed E-state index contributed by atoms with van der Waals surface area (Å²) >= 11 is 0. The maximum Gasteiger partial charge on any atom is 0.305 e. The number of para-hydroxylation sites is 1. The quantitative estimate of drug-likeness (QED) is 0.606. The number of hydrogen-bond donors (Lipinski definition) is 2. The third-order valence-electron chi connectivity index (χ3n) is 2.61. The minimum atomic E-state index is -1.03. The topological polar surface area (TPSA) is 110 Å². The van der Waals surface area contributed by atoms with Crippen molar-refractivity contribution in [3.63, 3.8) is 0 Å². The van der Waals surface area contributed by atoms with E-state index in [1.807, 2.05) is 0 Å². The van der Waals surface area contributed by atoms with Crippen molar-refractivity contribution >= 4 is 17.6 Å². The minimum Gasteiger partial charge on any atom is -0.481 e. The molecule has 1 amide bonds. The van der Waals surface area contributed by atoms with Crippen molar-refractivity contribution in [2.45, 2.75) is 32.2 Å². The first-order chi connectivity index (χ1) is 9.21. The number of hydrogen-bond acceptors (Lipinski definition) is 4. The van der Waals surface area contributed by atoms with Crippen LogP contribution in [0.2, 0.25) is 0 Å². The van der Waals surface area contributed by atoms with E-state index in [1.165, 1.54) is 18.2 Å². The minimum absolute atomic E-state index is 0.126. The molecule has 0 saturated heterocycles. The lowest BCUT2D eigenvalue weighted by Gasteiger charge is -2.24. The van der Waals surface area contributed by atoms with Crippen LogP contribution < -0.4 is 5.32 Å². The monoisotopic (exact) mass is 280 g/mol. The fourth-order valence-electron chi connectivity index (χ4n) is 1.86. The van der Waals surface area contributed by atoms with Gasteiger partial charge in [0.25, 0.3) is 5.69 Å². The highest BCUT2D eigenvalue weighted by atomic mass is 16.6. The number of rotatable bonds is 6. The number of carbonyl (C=O) groups is 2. The number of benzene rings is 1. The summed E-state index contributed by atoms with van der Waals surface area (Å²) in [5, 5.41) is 22.1. The van der Waals surface area contributed by atoms with Gasteiger partial charge in [-0.1, -0.05) is 18.2 Å². The standard InChI is InChI=1S/C13H16N2O5/c1-13(2,8-12(17)18)14-11(16)7-9-5-3-4-6-10(9)15(19)20/h3-6H,7-8H2,1-2H3,(H,14,16)(H,17,18). The molecule has 0 unspecified atom stereocenters. The summed E-state index contributed by atoms with van der Waals surface area (Å²) < 4.78 is 0. The molecule has 0 spiro atoms. The molecule has 0 bridgehead atoms. The van der Waals surface area contributed by atoms with Gasteiger partial charge in [-0.2, -0.15) is 0 Å². The van der Waals surface area contributed by atoms with Crippen LogP contribution in [0.25, 0.3) is 0 Å². The lowest BCUT2D eigenvalue weighted by Crippen LogP contribution is -2.45. The maximum absolute atomic E-state index is 11.9. The number of nitrogens with one attached hydrogen (secondary N) is 1. The van der Waals surface area contributed by atoms with Gasteiger partial charge in [0.1, 0.15) is 0 Å². The average Bonchev–Trinajstić information content (AvgIpc) is 2.26. The largest absolute Gasteiger partial charge is 0.481 e. The molecule has 108 valence electrons. The van der Waals surface area contributed by atoms with Crippen molar-refractivity contribution in [2.75, 3.05) is 0 Å². The molecule has 0 aromatic heterocycles. The predicted octanol–water partition coefficient (Wildman–Crippen LogP) is 1.51. The van der Waals surface area contributed by atoms with E-state index in [-0.39, 0.29) is 18.5 Å². The molecule has 2 N–H and O–H groups in total. The molecule has 0 radical (unpaired) electrons. The molecule has 0 aliphatic heterocycles. The second-order valence-corrected chi connectivity index (χ2v) is 5.07. The Balaban J connectivity index is 2.77. The summed E-state index contributed by atoms with van der Waals surface area (Å²) in [7, 11) is 0. The first-order valence-corrected chi connectivity index (χ1v) is 5.96. The Bertz CT molecular complexity index is 539. The van der Waals surface area contributed by atoms with Crippen molar-refractivity contribution in [2.24, 2.45) is 0 Å². The molecule has 1 aromatic rings. The Hall–Kier alpha value is -2.44. The Labute approximate surface area is 115 Å². The summed E-state index contributed by atoms with van der Waals surface area (Å²) in [4.78, 5) is 32.8. The number of nitro benzene ring substituents is 1. The molecule has 0 aliphatic carbocycles. The fourth-order valence-corrected chi connectivity index (χ4v) is 1.86. The number of carboxylic acid groups (broad SMARTS) is 1. The molecule has 7 nitrogen and oxygen atoms in total. The molecule has 0 saturated carbocycles. The average molecular weight is 280 g/mol. The van der Waals surface area contributed by atoms with Crippen molar-refractivity contribution in [3.05, 3.63) is 39.9 Å². The van der Waals surface area contributed by atoms with Gasteiger partial charge in [-0.05, 0) is 13.8 Å². The number of carboxylic acids is 1. The number of amides is 1. The Kier molecular flexibility index (Phi) is 4.79. The highest BCUT2D eigenvalue weighted by Crippen LogP contribution is 2.18. The Morgan fingerprint density at radius 2 is 1.95 bits per heavy atom. The summed E-state index contributed by atoms with van der Waals surface area (Å²) in [6.45, 7) is 3.16. The van der Waals surface area contributed by atoms with Gasteiger partial charge in [-0.3, -0.25) is 19.7 Å². The first kappa shape index (κ1) is 15.6. The van der Waals surface area contributed by atoms with Crippen LogP contribution in [0.5, 0.6) is 0 Å². The van der Waals surface area contributed by atoms with Crippen LogP contribution in [0, 0.1) is 10.1 Å². The van der Waals surface area contributed by atoms with Crippen LogP contribution >= 0.6 is 0 Å². The summed E-state index contributed by atoms with van der Waals surface area (Å²) in [6, 6.07) is 5.96. The van der Waals surface area contributed by atoms with Crippen LogP contribution in [0.15, 0.2) is 24.3 Å². The van der Waals surface area contributed by atoms with Crippen molar-refractivity contribution in [3.8, 4) is 0 Å². The van der Waals surface area contributed by atoms with Crippen molar-refractivity contribution in [1.82, 2.24) is 5.32 Å². The molecule has 0 atom stereocenters. The van der Waals surface area contributed by atoms with Crippen LogP contribution in [0.4, 0.5) is 5.69 Å². The van der Waals surface area contributed by atoms with Gasteiger partial charge in [0, 0.05) is 17.2 Å². The van der Waals surface area contributed by atoms with Gasteiger partial charge >= 0.3 is 5.97 Å². The molecule has 1 rings (SSSR count). The van der Waals surface area contributed by atoms with E-state index in [0.29, 0.717) is 5.56 Å². The first-order valence-electron chi connectivity index (χ1n) is 5.96. The van der Waals surface area contributed by atoms with E-state index >= 15 is 0 Å². The van der Waals surface area contributed by atoms with Gasteiger partial charge < -0.3 is 10.4 Å². The highest BCUT2D eigenvalue weighted by Gasteiger charge is 2.25. The number of carbonyl (C=O) groups excluding carboxylic acids is 1. The molecule has 0 fully saturated rings. The third kappa shape index (κ3) is 4.68. The zero-order valence-corrected chi connectivity index (χ0v) is 11.3. The summed E-state index contributed by atoms with van der Waals surface area (Å²) in [5.41, 5.74) is -0.744. The van der Waals surface area contributed by atoms with Crippen molar-refractivity contribution in [1.29, 1.82) is 0 Å². The van der Waals surface area contributed by atoms with Crippen LogP contribution in [0.1, 0.15) is 25.8 Å². The fraction of sp³-hybridized carbons (Fsp3) is 0.385. The number of nitro groups is 1. The van der Waals surface area contributed by atoms with E-state index < -0.39 is 22.3 Å². The van der Waals surface area contributed by atoms with Gasteiger partial charge in [0.2, 0.25) is 5.91 Å². The predicted molar refractivity (Wildman–Crippen MR) is 71.3 cm³/mol. The Morgan fingerprint density at radius 3 is 2.50 bits per heavy atom. The van der Waals surface area contributed by atoms with Crippen LogP contribution in [0.3, 0.4) is 0 Å². The SMILES string of the molecule is CC(C)(CC(=O)O)NC(=O)Cc1ccccc1[N+](=O)[O-]. The number of aliphatic carboxylic acids is 1. The second-order valence-electron chi connectivity index (χ2n) is 5.07. The molecule has 0 aliphatic rings. The zero-order chi connectivity index (χ0) is 15.3. The van der Waals surface area contributed by atoms with Gasteiger partial charge in [0.05, 0.1) is 17.8 Å². The molecular weight excluding hydrogens is 264 g/mol. The van der Waals surface area contributed by atoms with Crippen LogP contribution in [-0.4, -0.2) is 27.4 Å². The Morgan fingerprint density at radius 1 is 1.35 bits per heavy atom.